The van der Waals surface area contributed by atoms with E-state index in [9.17, 15) is 4.79 Å². The first-order valence-electron chi connectivity index (χ1n) is 7.30. The number of carbonyl (C=O) groups is 1. The van der Waals surface area contributed by atoms with Crippen molar-refractivity contribution < 1.29 is 14.3 Å². The van der Waals surface area contributed by atoms with Crippen LogP contribution in [0.25, 0.3) is 0 Å². The number of piperidine rings is 1. The second-order valence-corrected chi connectivity index (χ2v) is 5.29. The van der Waals surface area contributed by atoms with Crippen molar-refractivity contribution in [2.24, 2.45) is 5.92 Å². The van der Waals surface area contributed by atoms with Crippen LogP contribution in [0.3, 0.4) is 0 Å². The SMILES string of the molecule is COCC(C)CC(=O)NCCCOC1CCNCC1. The van der Waals surface area contributed by atoms with Crippen LogP contribution in [0.1, 0.15) is 32.6 Å². The zero-order chi connectivity index (χ0) is 13.9. The number of carbonyl (C=O) groups excluding carboxylic acids is 1. The Balaban J connectivity index is 1.93. The summed E-state index contributed by atoms with van der Waals surface area (Å²) in [5.74, 6) is 0.377. The molecule has 0 spiro atoms. The summed E-state index contributed by atoms with van der Waals surface area (Å²) >= 11 is 0. The molecule has 1 heterocycles. The van der Waals surface area contributed by atoms with Gasteiger partial charge < -0.3 is 20.1 Å². The van der Waals surface area contributed by atoms with E-state index in [2.05, 4.69) is 10.6 Å². The summed E-state index contributed by atoms with van der Waals surface area (Å²) in [5.41, 5.74) is 0. The van der Waals surface area contributed by atoms with Crippen molar-refractivity contribution >= 4 is 5.91 Å². The lowest BCUT2D eigenvalue weighted by atomic mass is 10.1. The summed E-state index contributed by atoms with van der Waals surface area (Å²) in [4.78, 5) is 11.6. The van der Waals surface area contributed by atoms with Crippen molar-refractivity contribution in [3.63, 3.8) is 0 Å². The van der Waals surface area contributed by atoms with E-state index in [1.807, 2.05) is 6.92 Å². The van der Waals surface area contributed by atoms with Crippen LogP contribution in [-0.2, 0) is 14.3 Å². The standard InChI is InChI=1S/C14H28N2O3/c1-12(11-18-2)10-14(17)16-6-3-9-19-13-4-7-15-8-5-13/h12-13,15H,3-11H2,1-2H3,(H,16,17). The molecule has 19 heavy (non-hydrogen) atoms. The molecule has 0 radical (unpaired) electrons. The van der Waals surface area contributed by atoms with Gasteiger partial charge in [0.1, 0.15) is 0 Å². The Hall–Kier alpha value is -0.650. The first kappa shape index (κ1) is 16.4. The fourth-order valence-electron chi connectivity index (χ4n) is 2.24. The fourth-order valence-corrected chi connectivity index (χ4v) is 2.24. The molecule has 1 amide bonds. The average molecular weight is 272 g/mol. The number of nitrogens with one attached hydrogen (secondary N) is 2. The number of hydrogen-bond donors (Lipinski definition) is 2. The number of rotatable bonds is 9. The van der Waals surface area contributed by atoms with Crippen LogP contribution >= 0.6 is 0 Å². The van der Waals surface area contributed by atoms with E-state index in [0.717, 1.165) is 39.0 Å². The largest absolute Gasteiger partial charge is 0.384 e. The second-order valence-electron chi connectivity index (χ2n) is 5.29. The van der Waals surface area contributed by atoms with Crippen LogP contribution in [0, 0.1) is 5.92 Å². The molecule has 1 fully saturated rings. The van der Waals surface area contributed by atoms with E-state index < -0.39 is 0 Å². The normalized spacial score (nSPS) is 18.2. The van der Waals surface area contributed by atoms with Gasteiger partial charge in [0.25, 0.3) is 0 Å². The van der Waals surface area contributed by atoms with Gasteiger partial charge in [-0.2, -0.15) is 0 Å². The Morgan fingerprint density at radius 2 is 2.16 bits per heavy atom. The lowest BCUT2D eigenvalue weighted by Crippen LogP contribution is -2.33. The maximum Gasteiger partial charge on any atom is 0.220 e. The summed E-state index contributed by atoms with van der Waals surface area (Å²) in [6, 6.07) is 0. The van der Waals surface area contributed by atoms with Crippen LogP contribution in [-0.4, -0.2) is 52.0 Å². The molecule has 0 saturated carbocycles. The molecule has 112 valence electrons. The smallest absolute Gasteiger partial charge is 0.220 e. The fraction of sp³-hybridized carbons (Fsp3) is 0.929. The molecule has 1 aliphatic heterocycles. The molecular formula is C14H28N2O3. The minimum Gasteiger partial charge on any atom is -0.384 e. The van der Waals surface area contributed by atoms with Crippen LogP contribution in [0.4, 0.5) is 0 Å². The summed E-state index contributed by atoms with van der Waals surface area (Å²) < 4.78 is 10.8. The Bertz CT molecular complexity index is 243. The first-order chi connectivity index (χ1) is 9.22. The van der Waals surface area contributed by atoms with Gasteiger partial charge in [-0.15, -0.1) is 0 Å². The van der Waals surface area contributed by atoms with Gasteiger partial charge in [0.15, 0.2) is 0 Å². The molecule has 1 saturated heterocycles. The molecule has 5 nitrogen and oxygen atoms in total. The summed E-state index contributed by atoms with van der Waals surface area (Å²) in [6.07, 6.45) is 4.01. The molecule has 0 aromatic carbocycles. The second kappa shape index (κ2) is 10.2. The third-order valence-electron chi connectivity index (χ3n) is 3.27. The Labute approximate surface area is 116 Å². The Morgan fingerprint density at radius 1 is 1.42 bits per heavy atom. The molecule has 1 rings (SSSR count). The maximum atomic E-state index is 11.6. The molecule has 1 unspecified atom stereocenters. The molecular weight excluding hydrogens is 244 g/mol. The highest BCUT2D eigenvalue weighted by Gasteiger charge is 2.12. The minimum atomic E-state index is 0.103. The molecule has 0 aliphatic carbocycles. The van der Waals surface area contributed by atoms with Crippen LogP contribution in [0.15, 0.2) is 0 Å². The Kier molecular flexibility index (Phi) is 8.79. The predicted octanol–water partition coefficient (Wildman–Crippen LogP) is 0.934. The highest BCUT2D eigenvalue weighted by molar-refractivity contribution is 5.76. The molecule has 0 aromatic rings. The van der Waals surface area contributed by atoms with Gasteiger partial charge in [-0.05, 0) is 38.3 Å². The molecule has 0 aromatic heterocycles. The average Bonchev–Trinajstić information content (AvgIpc) is 2.39. The van der Waals surface area contributed by atoms with E-state index in [1.165, 1.54) is 0 Å². The van der Waals surface area contributed by atoms with E-state index in [-0.39, 0.29) is 11.8 Å². The van der Waals surface area contributed by atoms with Gasteiger partial charge in [0.05, 0.1) is 6.10 Å². The third-order valence-corrected chi connectivity index (χ3v) is 3.27. The third kappa shape index (κ3) is 8.18. The van der Waals surface area contributed by atoms with Crippen molar-refractivity contribution in [2.75, 3.05) is 40.0 Å². The quantitative estimate of drug-likeness (QED) is 0.613. The molecule has 0 bridgehead atoms. The van der Waals surface area contributed by atoms with Crippen molar-refractivity contribution in [1.29, 1.82) is 0 Å². The van der Waals surface area contributed by atoms with E-state index in [1.54, 1.807) is 7.11 Å². The van der Waals surface area contributed by atoms with Gasteiger partial charge in [-0.3, -0.25) is 4.79 Å². The molecule has 2 N–H and O–H groups in total. The van der Waals surface area contributed by atoms with Crippen LogP contribution in [0.2, 0.25) is 0 Å². The predicted molar refractivity (Wildman–Crippen MR) is 75.1 cm³/mol. The summed E-state index contributed by atoms with van der Waals surface area (Å²) in [5, 5.41) is 6.24. The highest BCUT2D eigenvalue weighted by Crippen LogP contribution is 2.07. The summed E-state index contributed by atoms with van der Waals surface area (Å²) in [6.45, 7) is 6.19. The first-order valence-corrected chi connectivity index (χ1v) is 7.30. The van der Waals surface area contributed by atoms with Crippen molar-refractivity contribution in [1.82, 2.24) is 10.6 Å². The van der Waals surface area contributed by atoms with Crippen molar-refractivity contribution in [2.45, 2.75) is 38.7 Å². The van der Waals surface area contributed by atoms with E-state index in [4.69, 9.17) is 9.47 Å². The van der Waals surface area contributed by atoms with E-state index >= 15 is 0 Å². The molecule has 1 aliphatic rings. The Morgan fingerprint density at radius 3 is 2.84 bits per heavy atom. The van der Waals surface area contributed by atoms with Gasteiger partial charge in [-0.25, -0.2) is 0 Å². The number of amides is 1. The van der Waals surface area contributed by atoms with Gasteiger partial charge in [0, 0.05) is 33.3 Å². The monoisotopic (exact) mass is 272 g/mol. The number of ether oxygens (including phenoxy) is 2. The minimum absolute atomic E-state index is 0.103. The zero-order valence-electron chi connectivity index (χ0n) is 12.2. The molecule has 5 heteroatoms. The van der Waals surface area contributed by atoms with Gasteiger partial charge >= 0.3 is 0 Å². The lowest BCUT2D eigenvalue weighted by Gasteiger charge is -2.22. The van der Waals surface area contributed by atoms with Crippen LogP contribution < -0.4 is 10.6 Å². The van der Waals surface area contributed by atoms with Gasteiger partial charge in [-0.1, -0.05) is 6.92 Å². The van der Waals surface area contributed by atoms with Crippen molar-refractivity contribution in [3.8, 4) is 0 Å². The maximum absolute atomic E-state index is 11.6. The summed E-state index contributed by atoms with van der Waals surface area (Å²) in [7, 11) is 1.66. The topological polar surface area (TPSA) is 59.6 Å². The number of hydrogen-bond acceptors (Lipinski definition) is 4. The zero-order valence-corrected chi connectivity index (χ0v) is 12.2. The van der Waals surface area contributed by atoms with Crippen LogP contribution in [0.5, 0.6) is 0 Å². The highest BCUT2D eigenvalue weighted by atomic mass is 16.5. The number of methoxy groups -OCH3 is 1. The molecule has 1 atom stereocenters. The van der Waals surface area contributed by atoms with Gasteiger partial charge in [0.2, 0.25) is 5.91 Å². The lowest BCUT2D eigenvalue weighted by molar-refractivity contribution is -0.122. The van der Waals surface area contributed by atoms with Crippen molar-refractivity contribution in [3.05, 3.63) is 0 Å². The van der Waals surface area contributed by atoms with E-state index in [0.29, 0.717) is 25.7 Å².